The summed E-state index contributed by atoms with van der Waals surface area (Å²) in [6.07, 6.45) is 5.73. The molecule has 0 radical (unpaired) electrons. The van der Waals surface area contributed by atoms with Crippen molar-refractivity contribution < 1.29 is 3.07 Å². The van der Waals surface area contributed by atoms with Gasteiger partial charge in [-0.15, -0.1) is 12.3 Å². The Hall–Kier alpha value is -0.690. The molecule has 0 aliphatic heterocycles. The molecule has 0 unspecified atom stereocenters. The number of rotatable bonds is 2. The van der Waals surface area contributed by atoms with Gasteiger partial charge in [-0.2, -0.15) is 0 Å². The van der Waals surface area contributed by atoms with Crippen molar-refractivity contribution in [2.24, 2.45) is 0 Å². The Kier molecular flexibility index (Phi) is 3.24. The van der Waals surface area contributed by atoms with Crippen LogP contribution in [0, 0.1) is 15.9 Å². The molecule has 11 heavy (non-hydrogen) atoms. The maximum atomic E-state index is 10.7. The van der Waals surface area contributed by atoms with E-state index in [1.807, 2.05) is 24.3 Å². The molecule has 0 aromatic heterocycles. The van der Waals surface area contributed by atoms with Crippen molar-refractivity contribution in [1.82, 2.24) is 0 Å². The van der Waals surface area contributed by atoms with Gasteiger partial charge in [0.05, 0.1) is 3.57 Å². The van der Waals surface area contributed by atoms with Gasteiger partial charge in [0.1, 0.15) is 0 Å². The highest BCUT2D eigenvalue weighted by Crippen LogP contribution is 2.15. The van der Waals surface area contributed by atoms with Crippen LogP contribution in [0.3, 0.4) is 0 Å². The van der Waals surface area contributed by atoms with Crippen LogP contribution in [0.15, 0.2) is 24.3 Å². The Balaban J connectivity index is 3.04. The zero-order chi connectivity index (χ0) is 8.10. The van der Waals surface area contributed by atoms with Crippen LogP contribution in [0.2, 0.25) is 0 Å². The lowest BCUT2D eigenvalue weighted by Gasteiger charge is -1.96. The van der Waals surface area contributed by atoms with Gasteiger partial charge in [0.25, 0.3) is 0 Å². The first-order chi connectivity index (χ1) is 5.38. The lowest BCUT2D eigenvalue weighted by molar-refractivity contribution is 0.648. The van der Waals surface area contributed by atoms with Crippen LogP contribution in [-0.4, -0.2) is 0 Å². The summed E-state index contributed by atoms with van der Waals surface area (Å²) in [5, 5.41) is 0. The van der Waals surface area contributed by atoms with E-state index in [4.69, 9.17) is 6.42 Å². The molecule has 0 aliphatic carbocycles. The molecule has 0 N–H and O–H groups in total. The van der Waals surface area contributed by atoms with Crippen molar-refractivity contribution in [3.63, 3.8) is 0 Å². The van der Waals surface area contributed by atoms with E-state index in [9.17, 15) is 3.07 Å². The molecule has 0 bridgehead atoms. The van der Waals surface area contributed by atoms with E-state index in [2.05, 4.69) is 5.92 Å². The summed E-state index contributed by atoms with van der Waals surface area (Å²) in [4.78, 5) is 0. The minimum Gasteiger partial charge on any atom is -0.265 e. The van der Waals surface area contributed by atoms with Gasteiger partial charge in [0.15, 0.2) is 21.2 Å². The highest BCUT2D eigenvalue weighted by atomic mass is 127. The van der Waals surface area contributed by atoms with Gasteiger partial charge in [-0.25, -0.2) is 0 Å². The van der Waals surface area contributed by atoms with E-state index in [1.54, 1.807) is 0 Å². The molecule has 0 saturated carbocycles. The highest BCUT2D eigenvalue weighted by Gasteiger charge is 1.97. The Morgan fingerprint density at radius 3 is 2.82 bits per heavy atom. The SMILES string of the molecule is C#CCc1ccccc1I=O. The second kappa shape index (κ2) is 4.24. The first-order valence-corrected chi connectivity index (χ1v) is 5.13. The minimum atomic E-state index is -1.07. The number of halogens is 1. The molecular weight excluding hydrogens is 251 g/mol. The van der Waals surface area contributed by atoms with Crippen molar-refractivity contribution in [1.29, 1.82) is 0 Å². The fourth-order valence-corrected chi connectivity index (χ4v) is 1.83. The Morgan fingerprint density at radius 1 is 1.45 bits per heavy atom. The molecule has 0 heterocycles. The zero-order valence-corrected chi connectivity index (χ0v) is 8.04. The van der Waals surface area contributed by atoms with E-state index >= 15 is 0 Å². The van der Waals surface area contributed by atoms with Crippen molar-refractivity contribution >= 4 is 21.2 Å². The third-order valence-corrected chi connectivity index (χ3v) is 2.86. The summed E-state index contributed by atoms with van der Waals surface area (Å²) < 4.78 is 11.6. The van der Waals surface area contributed by atoms with Crippen LogP contribution in [0.5, 0.6) is 0 Å². The number of hydrogen-bond donors (Lipinski definition) is 0. The van der Waals surface area contributed by atoms with Gasteiger partial charge in [0.2, 0.25) is 0 Å². The predicted octanol–water partition coefficient (Wildman–Crippen LogP) is 2.35. The summed E-state index contributed by atoms with van der Waals surface area (Å²) in [5.74, 6) is 2.54. The van der Waals surface area contributed by atoms with Crippen molar-refractivity contribution in [3.8, 4) is 12.3 Å². The van der Waals surface area contributed by atoms with Gasteiger partial charge in [-0.05, 0) is 11.6 Å². The Bertz CT molecular complexity index is 299. The van der Waals surface area contributed by atoms with E-state index in [0.717, 1.165) is 9.13 Å². The average molecular weight is 258 g/mol. The summed E-state index contributed by atoms with van der Waals surface area (Å²) >= 11 is -1.07. The summed E-state index contributed by atoms with van der Waals surface area (Å²) in [7, 11) is 0. The molecule has 1 aromatic carbocycles. The molecule has 0 aliphatic rings. The molecule has 0 fully saturated rings. The lowest BCUT2D eigenvalue weighted by Crippen LogP contribution is -1.84. The lowest BCUT2D eigenvalue weighted by atomic mass is 10.2. The van der Waals surface area contributed by atoms with Crippen LogP contribution in [0.25, 0.3) is 0 Å². The fraction of sp³-hybridized carbons (Fsp3) is 0.111. The molecule has 0 amide bonds. The van der Waals surface area contributed by atoms with Gasteiger partial charge < -0.3 is 0 Å². The normalized spacial score (nSPS) is 9.00. The third kappa shape index (κ3) is 2.12. The topological polar surface area (TPSA) is 17.1 Å². The standard InChI is InChI=1S/C9H7IO/c1-2-5-8-6-3-4-7-9(8)10-11/h1,3-4,6-7H,5H2. The van der Waals surface area contributed by atoms with Crippen LogP contribution in [-0.2, 0) is 9.49 Å². The zero-order valence-electron chi connectivity index (χ0n) is 5.88. The summed E-state index contributed by atoms with van der Waals surface area (Å²) in [5.41, 5.74) is 1.03. The quantitative estimate of drug-likeness (QED) is 0.587. The second-order valence-corrected chi connectivity index (χ2v) is 3.65. The van der Waals surface area contributed by atoms with E-state index < -0.39 is 21.2 Å². The van der Waals surface area contributed by atoms with E-state index in [1.165, 1.54) is 0 Å². The summed E-state index contributed by atoms with van der Waals surface area (Å²) in [6.45, 7) is 0. The second-order valence-electron chi connectivity index (χ2n) is 2.05. The van der Waals surface area contributed by atoms with Crippen LogP contribution in [0.1, 0.15) is 5.56 Å². The van der Waals surface area contributed by atoms with Crippen molar-refractivity contribution in [2.75, 3.05) is 0 Å². The van der Waals surface area contributed by atoms with E-state index in [0.29, 0.717) is 6.42 Å². The molecule has 0 saturated heterocycles. The van der Waals surface area contributed by atoms with Crippen molar-refractivity contribution in [2.45, 2.75) is 6.42 Å². The van der Waals surface area contributed by atoms with Crippen molar-refractivity contribution in [3.05, 3.63) is 33.4 Å². The van der Waals surface area contributed by atoms with Gasteiger partial charge in [-0.1, -0.05) is 18.2 Å². The molecular formula is C9H7IO. The molecule has 1 nitrogen and oxygen atoms in total. The molecule has 0 spiro atoms. The maximum Gasteiger partial charge on any atom is 0.182 e. The molecule has 56 valence electrons. The third-order valence-electron chi connectivity index (χ3n) is 1.33. The Morgan fingerprint density at radius 2 is 2.18 bits per heavy atom. The Labute approximate surface area is 76.5 Å². The first kappa shape index (κ1) is 8.41. The molecule has 2 heteroatoms. The monoisotopic (exact) mass is 258 g/mol. The van der Waals surface area contributed by atoms with Gasteiger partial charge >= 0.3 is 0 Å². The van der Waals surface area contributed by atoms with Gasteiger partial charge in [0, 0.05) is 6.42 Å². The first-order valence-electron chi connectivity index (χ1n) is 3.17. The van der Waals surface area contributed by atoms with Crippen LogP contribution < -0.4 is 0 Å². The van der Waals surface area contributed by atoms with Crippen LogP contribution in [0.4, 0.5) is 0 Å². The molecule has 1 aromatic rings. The molecule has 1 rings (SSSR count). The number of hydrogen-bond acceptors (Lipinski definition) is 1. The maximum absolute atomic E-state index is 10.7. The smallest absolute Gasteiger partial charge is 0.182 e. The number of terminal acetylenes is 1. The average Bonchev–Trinajstić information content (AvgIpc) is 2.06. The largest absolute Gasteiger partial charge is 0.265 e. The van der Waals surface area contributed by atoms with Crippen LogP contribution >= 0.6 is 21.2 Å². The molecule has 0 atom stereocenters. The minimum absolute atomic E-state index is 0.581. The highest BCUT2D eigenvalue weighted by molar-refractivity contribution is 14.1. The fourth-order valence-electron chi connectivity index (χ4n) is 0.827. The van der Waals surface area contributed by atoms with E-state index in [-0.39, 0.29) is 0 Å². The van der Waals surface area contributed by atoms with Gasteiger partial charge in [-0.3, -0.25) is 3.07 Å². The predicted molar refractivity (Wildman–Crippen MR) is 52.4 cm³/mol. The summed E-state index contributed by atoms with van der Waals surface area (Å²) in [6, 6.07) is 7.59. The number of benzene rings is 1.